The van der Waals surface area contributed by atoms with Gasteiger partial charge in [-0.15, -0.1) is 0 Å². The van der Waals surface area contributed by atoms with Gasteiger partial charge in [0, 0.05) is 55.1 Å². The summed E-state index contributed by atoms with van der Waals surface area (Å²) < 4.78 is 12.1. The number of piperidine rings is 1. The Kier molecular flexibility index (Phi) is 9.75. The minimum absolute atomic E-state index is 0.00328. The van der Waals surface area contributed by atoms with Gasteiger partial charge in [0.1, 0.15) is 24.3 Å². The Morgan fingerprint density at radius 1 is 0.902 bits per heavy atom. The van der Waals surface area contributed by atoms with E-state index in [1.54, 1.807) is 37.3 Å². The fourth-order valence-corrected chi connectivity index (χ4v) is 6.64. The van der Waals surface area contributed by atoms with Crippen molar-refractivity contribution in [2.24, 2.45) is 0 Å². The number of benzene rings is 4. The van der Waals surface area contributed by atoms with Crippen LogP contribution in [0.4, 0.5) is 17.2 Å². The zero-order valence-corrected chi connectivity index (χ0v) is 28.5. The molecule has 1 unspecified atom stereocenters. The summed E-state index contributed by atoms with van der Waals surface area (Å²) >= 11 is 0. The van der Waals surface area contributed by atoms with Crippen molar-refractivity contribution in [1.29, 1.82) is 0 Å². The molecule has 3 heterocycles. The smallest absolute Gasteiger partial charge is 0.255 e. The van der Waals surface area contributed by atoms with E-state index in [2.05, 4.69) is 30.8 Å². The van der Waals surface area contributed by atoms with Gasteiger partial charge >= 0.3 is 0 Å². The Morgan fingerprint density at radius 3 is 2.35 bits per heavy atom. The van der Waals surface area contributed by atoms with Crippen LogP contribution in [0, 0.1) is 0 Å². The van der Waals surface area contributed by atoms with Gasteiger partial charge in [-0.05, 0) is 60.4 Å². The van der Waals surface area contributed by atoms with Crippen LogP contribution < -0.4 is 25.4 Å². The van der Waals surface area contributed by atoms with Crippen molar-refractivity contribution in [2.75, 3.05) is 44.4 Å². The van der Waals surface area contributed by atoms with E-state index in [9.17, 15) is 14.4 Å². The SMILES string of the molecule is CNC(=O)CN1CCC(Oc2cc3c(Nc4ccc(NC(=O)C(c5ccccc5)N5Cc6ccccc6C5=O)cc4)ncnc3cc2OC)CC1. The first-order valence-electron chi connectivity index (χ1n) is 16.9. The first-order chi connectivity index (χ1) is 24.9. The van der Waals surface area contributed by atoms with E-state index in [-0.39, 0.29) is 23.8 Å². The highest BCUT2D eigenvalue weighted by atomic mass is 16.5. The molecule has 0 radical (unpaired) electrons. The minimum Gasteiger partial charge on any atom is -0.493 e. The Labute approximate surface area is 295 Å². The van der Waals surface area contributed by atoms with Crippen molar-refractivity contribution in [3.8, 4) is 11.5 Å². The first kappa shape index (κ1) is 33.5. The van der Waals surface area contributed by atoms with Crippen LogP contribution in [-0.4, -0.2) is 77.4 Å². The van der Waals surface area contributed by atoms with Crippen LogP contribution in [0.5, 0.6) is 11.5 Å². The van der Waals surface area contributed by atoms with Crippen LogP contribution in [-0.2, 0) is 16.1 Å². The van der Waals surface area contributed by atoms with E-state index in [0.717, 1.165) is 48.1 Å². The number of carbonyl (C=O) groups excluding carboxylic acids is 3. The van der Waals surface area contributed by atoms with Gasteiger partial charge in [-0.25, -0.2) is 9.97 Å². The van der Waals surface area contributed by atoms with Gasteiger partial charge in [0.05, 0.1) is 19.2 Å². The number of anilines is 3. The average molecular weight is 686 g/mol. The molecule has 0 bridgehead atoms. The molecule has 0 spiro atoms. The number of aromatic nitrogens is 2. The second kappa shape index (κ2) is 14.9. The number of fused-ring (bicyclic) bond motifs is 2. The number of hydrogen-bond acceptors (Lipinski definition) is 9. The molecule has 12 heteroatoms. The third-order valence-electron chi connectivity index (χ3n) is 9.33. The normalized spacial score (nSPS) is 15.3. The molecule has 5 aromatic rings. The maximum Gasteiger partial charge on any atom is 0.255 e. The Hall–Kier alpha value is -6.01. The molecule has 1 saturated heterocycles. The summed E-state index contributed by atoms with van der Waals surface area (Å²) in [6, 6.07) is 27.1. The third-order valence-corrected chi connectivity index (χ3v) is 9.33. The Balaban J connectivity index is 1.06. The zero-order valence-electron chi connectivity index (χ0n) is 28.5. The zero-order chi connectivity index (χ0) is 35.3. The van der Waals surface area contributed by atoms with Crippen LogP contribution in [0.15, 0.2) is 97.3 Å². The molecule has 2 aliphatic heterocycles. The summed E-state index contributed by atoms with van der Waals surface area (Å²) in [5, 5.41) is 9.83. The van der Waals surface area contributed by atoms with Gasteiger partial charge in [0.2, 0.25) is 5.91 Å². The van der Waals surface area contributed by atoms with Gasteiger partial charge in [-0.3, -0.25) is 19.3 Å². The molecule has 0 saturated carbocycles. The number of amides is 3. The summed E-state index contributed by atoms with van der Waals surface area (Å²) in [6.45, 7) is 2.26. The Bertz CT molecular complexity index is 2050. The fourth-order valence-electron chi connectivity index (χ4n) is 6.64. The average Bonchev–Trinajstić information content (AvgIpc) is 3.48. The standard InChI is InChI=1S/C39H39N7O5/c1-40-35(47)23-45-18-16-29(17-19-45)51-34-20-31-32(21-33(34)50-2)41-24-42-37(31)43-27-12-14-28(15-13-27)44-38(48)36(25-8-4-3-5-9-25)46-22-26-10-6-7-11-30(26)39(46)49/h3-15,20-21,24,29,36H,16-19,22-23H2,1-2H3,(H,40,47)(H,44,48)(H,41,42,43). The largest absolute Gasteiger partial charge is 0.493 e. The summed E-state index contributed by atoms with van der Waals surface area (Å²) in [4.78, 5) is 51.7. The predicted molar refractivity (Wildman–Crippen MR) is 194 cm³/mol. The lowest BCUT2D eigenvalue weighted by Gasteiger charge is -2.31. The number of methoxy groups -OCH3 is 1. The predicted octanol–water partition coefficient (Wildman–Crippen LogP) is 5.31. The second-order valence-corrected chi connectivity index (χ2v) is 12.6. The summed E-state index contributed by atoms with van der Waals surface area (Å²) in [5.74, 6) is 1.29. The molecule has 51 heavy (non-hydrogen) atoms. The summed E-state index contributed by atoms with van der Waals surface area (Å²) in [6.07, 6.45) is 3.03. The number of hydrogen-bond donors (Lipinski definition) is 3. The van der Waals surface area contributed by atoms with Crippen molar-refractivity contribution in [3.05, 3.63) is 114 Å². The van der Waals surface area contributed by atoms with Crippen LogP contribution in [0.2, 0.25) is 0 Å². The van der Waals surface area contributed by atoms with E-state index >= 15 is 0 Å². The molecule has 3 N–H and O–H groups in total. The van der Waals surface area contributed by atoms with E-state index in [1.165, 1.54) is 6.33 Å². The lowest BCUT2D eigenvalue weighted by atomic mass is 10.0. The first-order valence-corrected chi connectivity index (χ1v) is 16.9. The van der Waals surface area contributed by atoms with Crippen LogP contribution >= 0.6 is 0 Å². The van der Waals surface area contributed by atoms with Crippen LogP contribution in [0.1, 0.15) is 40.4 Å². The Morgan fingerprint density at radius 2 is 1.63 bits per heavy atom. The van der Waals surface area contributed by atoms with Crippen LogP contribution in [0.25, 0.3) is 10.9 Å². The monoisotopic (exact) mass is 685 g/mol. The van der Waals surface area contributed by atoms with Crippen molar-refractivity contribution < 1.29 is 23.9 Å². The lowest BCUT2D eigenvalue weighted by molar-refractivity contribution is -0.122. The fraction of sp³-hybridized carbons (Fsp3) is 0.256. The number of carbonyl (C=O) groups is 3. The molecule has 0 aliphatic carbocycles. The number of likely N-dealkylation sites (tertiary alicyclic amines) is 1. The molecule has 1 aromatic heterocycles. The van der Waals surface area contributed by atoms with E-state index < -0.39 is 6.04 Å². The number of nitrogens with one attached hydrogen (secondary N) is 3. The van der Waals surface area contributed by atoms with Crippen molar-refractivity contribution in [1.82, 2.24) is 25.1 Å². The van der Waals surface area contributed by atoms with Gasteiger partial charge < -0.3 is 30.3 Å². The highest BCUT2D eigenvalue weighted by Crippen LogP contribution is 2.37. The second-order valence-electron chi connectivity index (χ2n) is 12.6. The molecular formula is C39H39N7O5. The summed E-state index contributed by atoms with van der Waals surface area (Å²) in [7, 11) is 3.25. The van der Waals surface area contributed by atoms with Crippen molar-refractivity contribution in [2.45, 2.75) is 31.5 Å². The topological polar surface area (TPSA) is 138 Å². The highest BCUT2D eigenvalue weighted by molar-refractivity contribution is 6.04. The third kappa shape index (κ3) is 7.31. The highest BCUT2D eigenvalue weighted by Gasteiger charge is 2.37. The maximum atomic E-state index is 13.8. The number of nitrogens with zero attached hydrogens (tertiary/aromatic N) is 4. The molecule has 260 valence electrons. The van der Waals surface area contributed by atoms with E-state index in [0.29, 0.717) is 47.2 Å². The van der Waals surface area contributed by atoms with Crippen molar-refractivity contribution >= 4 is 45.8 Å². The van der Waals surface area contributed by atoms with Gasteiger partial charge in [-0.1, -0.05) is 48.5 Å². The van der Waals surface area contributed by atoms with E-state index in [4.69, 9.17) is 9.47 Å². The molecule has 1 atom stereocenters. The number of rotatable bonds is 11. The molecule has 4 aromatic carbocycles. The molecule has 12 nitrogen and oxygen atoms in total. The molecule has 3 amide bonds. The molecule has 1 fully saturated rings. The number of ether oxygens (including phenoxy) is 2. The minimum atomic E-state index is -0.806. The van der Waals surface area contributed by atoms with Gasteiger partial charge in [-0.2, -0.15) is 0 Å². The van der Waals surface area contributed by atoms with E-state index in [1.807, 2.05) is 72.8 Å². The maximum absolute atomic E-state index is 13.8. The summed E-state index contributed by atoms with van der Waals surface area (Å²) in [5.41, 5.74) is 4.28. The quantitative estimate of drug-likeness (QED) is 0.169. The van der Waals surface area contributed by atoms with Gasteiger partial charge in [0.15, 0.2) is 11.5 Å². The molecular weight excluding hydrogens is 646 g/mol. The number of likely N-dealkylation sites (N-methyl/N-ethyl adjacent to an activating group) is 1. The van der Waals surface area contributed by atoms with Gasteiger partial charge in [0.25, 0.3) is 11.8 Å². The molecule has 7 rings (SSSR count). The molecule has 2 aliphatic rings. The van der Waals surface area contributed by atoms with Crippen molar-refractivity contribution in [3.63, 3.8) is 0 Å². The lowest BCUT2D eigenvalue weighted by Crippen LogP contribution is -2.43. The van der Waals surface area contributed by atoms with Crippen LogP contribution in [0.3, 0.4) is 0 Å².